The summed E-state index contributed by atoms with van der Waals surface area (Å²) in [6, 6.07) is 43.6. The summed E-state index contributed by atoms with van der Waals surface area (Å²) in [6.07, 6.45) is 0. The molecular weight excluding hydrogens is 530 g/mol. The van der Waals surface area contributed by atoms with Crippen molar-refractivity contribution in [1.29, 1.82) is 0 Å². The minimum atomic E-state index is 0.611. The maximum atomic E-state index is 6.33. The second-order valence-corrected chi connectivity index (χ2v) is 11.0. The fourth-order valence-electron chi connectivity index (χ4n) is 6.74. The van der Waals surface area contributed by atoms with Crippen LogP contribution in [0.2, 0.25) is 0 Å². The molecule has 6 aromatic carbocycles. The van der Waals surface area contributed by atoms with Gasteiger partial charge in [0, 0.05) is 49.3 Å². The van der Waals surface area contributed by atoms with Crippen molar-refractivity contribution in [3.63, 3.8) is 0 Å². The third kappa shape index (κ3) is 3.11. The summed E-state index contributed by atoms with van der Waals surface area (Å²) in [4.78, 5) is 10.5. The Bertz CT molecular complexity index is 2750. The van der Waals surface area contributed by atoms with Crippen molar-refractivity contribution in [2.75, 3.05) is 0 Å². The summed E-state index contributed by atoms with van der Waals surface area (Å²) in [5.74, 6) is 0.611. The van der Waals surface area contributed by atoms with E-state index in [1.54, 1.807) is 0 Å². The van der Waals surface area contributed by atoms with Gasteiger partial charge in [0.15, 0.2) is 0 Å². The standard InChI is InChI=1S/C38H21N3O2/c1-5-15-29-24(12-1)37(26-14-9-19-34-36(26)25-13-4-8-18-33(25)42-34)40-38(39-29)41-30-16-6-2-10-22(30)27-20-28-23-11-3-7-17-32(23)43-35(28)21-31(27)41/h1-21H. The van der Waals surface area contributed by atoms with Crippen LogP contribution in [0.5, 0.6) is 0 Å². The molecule has 4 heterocycles. The van der Waals surface area contributed by atoms with E-state index >= 15 is 0 Å². The molecule has 10 aromatic rings. The average Bonchev–Trinajstić information content (AvgIpc) is 3.72. The Morgan fingerprint density at radius 3 is 2.00 bits per heavy atom. The molecule has 0 atom stereocenters. The molecule has 0 spiro atoms. The molecule has 0 aliphatic heterocycles. The lowest BCUT2D eigenvalue weighted by atomic mass is 10.0. The highest BCUT2D eigenvalue weighted by Crippen LogP contribution is 2.41. The Morgan fingerprint density at radius 1 is 0.442 bits per heavy atom. The largest absolute Gasteiger partial charge is 0.456 e. The second kappa shape index (κ2) is 8.30. The summed E-state index contributed by atoms with van der Waals surface area (Å²) in [5, 5.41) is 7.61. The van der Waals surface area contributed by atoms with Crippen molar-refractivity contribution in [3.8, 4) is 17.2 Å². The smallest absolute Gasteiger partial charge is 0.235 e. The van der Waals surface area contributed by atoms with Gasteiger partial charge in [-0.25, -0.2) is 9.97 Å². The van der Waals surface area contributed by atoms with Crippen molar-refractivity contribution in [3.05, 3.63) is 127 Å². The van der Waals surface area contributed by atoms with Crippen LogP contribution in [0, 0.1) is 0 Å². The number of benzene rings is 6. The van der Waals surface area contributed by atoms with Gasteiger partial charge in [0.25, 0.3) is 0 Å². The number of rotatable bonds is 2. The normalized spacial score (nSPS) is 12.2. The molecule has 0 unspecified atom stereocenters. The molecule has 0 saturated heterocycles. The number of para-hydroxylation sites is 4. The van der Waals surface area contributed by atoms with E-state index in [0.29, 0.717) is 5.95 Å². The van der Waals surface area contributed by atoms with Crippen LogP contribution in [-0.4, -0.2) is 14.5 Å². The van der Waals surface area contributed by atoms with Crippen molar-refractivity contribution in [2.45, 2.75) is 0 Å². The highest BCUT2D eigenvalue weighted by molar-refractivity contribution is 6.18. The molecule has 0 bridgehead atoms. The first-order chi connectivity index (χ1) is 21.3. The molecule has 0 fully saturated rings. The molecule has 10 rings (SSSR count). The van der Waals surface area contributed by atoms with Gasteiger partial charge in [0.1, 0.15) is 22.3 Å². The minimum absolute atomic E-state index is 0.611. The number of hydrogen-bond acceptors (Lipinski definition) is 4. The number of hydrogen-bond donors (Lipinski definition) is 0. The monoisotopic (exact) mass is 551 g/mol. The highest BCUT2D eigenvalue weighted by atomic mass is 16.3. The SMILES string of the molecule is c1ccc2c(-c3cccc4oc5ccccc5c34)nc(-n3c4ccccc4c4cc5c(cc43)oc3ccccc35)nc2c1. The zero-order valence-corrected chi connectivity index (χ0v) is 22.8. The van der Waals surface area contributed by atoms with Crippen LogP contribution in [0.15, 0.2) is 136 Å². The van der Waals surface area contributed by atoms with Gasteiger partial charge >= 0.3 is 0 Å². The number of aromatic nitrogens is 3. The number of furan rings is 2. The Kier molecular flexibility index (Phi) is 4.39. The zero-order chi connectivity index (χ0) is 28.1. The molecule has 200 valence electrons. The fourth-order valence-corrected chi connectivity index (χ4v) is 6.74. The number of fused-ring (bicyclic) bond motifs is 10. The van der Waals surface area contributed by atoms with E-state index in [4.69, 9.17) is 18.8 Å². The minimum Gasteiger partial charge on any atom is -0.456 e. The first kappa shape index (κ1) is 22.7. The van der Waals surface area contributed by atoms with E-state index in [1.807, 2.05) is 48.5 Å². The lowest BCUT2D eigenvalue weighted by molar-refractivity contribution is 0.668. The first-order valence-corrected chi connectivity index (χ1v) is 14.3. The molecule has 0 aliphatic rings. The molecule has 0 saturated carbocycles. The van der Waals surface area contributed by atoms with E-state index < -0.39 is 0 Å². The molecule has 0 radical (unpaired) electrons. The Labute approximate surface area is 244 Å². The van der Waals surface area contributed by atoms with E-state index in [0.717, 1.165) is 87.8 Å². The molecule has 43 heavy (non-hydrogen) atoms. The lowest BCUT2D eigenvalue weighted by Gasteiger charge is -2.12. The van der Waals surface area contributed by atoms with Crippen molar-refractivity contribution < 1.29 is 8.83 Å². The van der Waals surface area contributed by atoms with E-state index in [2.05, 4.69) is 83.4 Å². The lowest BCUT2D eigenvalue weighted by Crippen LogP contribution is -2.03. The summed E-state index contributed by atoms with van der Waals surface area (Å²) in [5.41, 5.74) is 8.23. The Balaban J connectivity index is 1.34. The fraction of sp³-hybridized carbons (Fsp3) is 0. The quantitative estimate of drug-likeness (QED) is 0.214. The summed E-state index contributed by atoms with van der Waals surface area (Å²) >= 11 is 0. The highest BCUT2D eigenvalue weighted by Gasteiger charge is 2.21. The van der Waals surface area contributed by atoms with Crippen LogP contribution < -0.4 is 0 Å². The predicted octanol–water partition coefficient (Wildman–Crippen LogP) is 10.2. The average molecular weight is 552 g/mol. The molecule has 0 aliphatic carbocycles. The van der Waals surface area contributed by atoms with Crippen LogP contribution in [0.3, 0.4) is 0 Å². The third-order valence-corrected chi connectivity index (χ3v) is 8.62. The molecule has 0 N–H and O–H groups in total. The Hall–Kier alpha value is -5.94. The van der Waals surface area contributed by atoms with Crippen LogP contribution in [0.1, 0.15) is 0 Å². The number of nitrogens with zero attached hydrogens (tertiary/aromatic N) is 3. The van der Waals surface area contributed by atoms with Crippen LogP contribution in [0.4, 0.5) is 0 Å². The van der Waals surface area contributed by atoms with Crippen molar-refractivity contribution in [1.82, 2.24) is 14.5 Å². The van der Waals surface area contributed by atoms with Crippen LogP contribution in [0.25, 0.3) is 93.8 Å². The molecule has 5 nitrogen and oxygen atoms in total. The predicted molar refractivity (Wildman–Crippen MR) is 174 cm³/mol. The zero-order valence-electron chi connectivity index (χ0n) is 22.8. The molecule has 5 heteroatoms. The summed E-state index contributed by atoms with van der Waals surface area (Å²) in [7, 11) is 0. The molecule has 0 amide bonds. The van der Waals surface area contributed by atoms with Gasteiger partial charge in [0.2, 0.25) is 5.95 Å². The van der Waals surface area contributed by atoms with Gasteiger partial charge in [0.05, 0.1) is 22.2 Å². The van der Waals surface area contributed by atoms with Crippen molar-refractivity contribution in [2.24, 2.45) is 0 Å². The first-order valence-electron chi connectivity index (χ1n) is 14.3. The third-order valence-electron chi connectivity index (χ3n) is 8.62. The van der Waals surface area contributed by atoms with Crippen LogP contribution in [-0.2, 0) is 0 Å². The molecule has 4 aromatic heterocycles. The van der Waals surface area contributed by atoms with Gasteiger partial charge in [-0.15, -0.1) is 0 Å². The maximum absolute atomic E-state index is 6.33. The van der Waals surface area contributed by atoms with E-state index in [1.165, 1.54) is 0 Å². The van der Waals surface area contributed by atoms with Crippen LogP contribution >= 0.6 is 0 Å². The maximum Gasteiger partial charge on any atom is 0.235 e. The van der Waals surface area contributed by atoms with Crippen molar-refractivity contribution >= 4 is 76.6 Å². The topological polar surface area (TPSA) is 57.0 Å². The van der Waals surface area contributed by atoms with E-state index in [-0.39, 0.29) is 0 Å². The second-order valence-electron chi connectivity index (χ2n) is 11.0. The summed E-state index contributed by atoms with van der Waals surface area (Å²) < 4.78 is 14.7. The van der Waals surface area contributed by atoms with Gasteiger partial charge in [-0.2, -0.15) is 0 Å². The Morgan fingerprint density at radius 2 is 1.12 bits per heavy atom. The van der Waals surface area contributed by atoms with E-state index in [9.17, 15) is 0 Å². The van der Waals surface area contributed by atoms with Gasteiger partial charge < -0.3 is 8.83 Å². The molecular formula is C38H21N3O2. The van der Waals surface area contributed by atoms with Gasteiger partial charge in [-0.1, -0.05) is 84.9 Å². The summed E-state index contributed by atoms with van der Waals surface area (Å²) in [6.45, 7) is 0. The van der Waals surface area contributed by atoms with Gasteiger partial charge in [-0.05, 0) is 36.4 Å². The van der Waals surface area contributed by atoms with Gasteiger partial charge in [-0.3, -0.25) is 4.57 Å².